The summed E-state index contributed by atoms with van der Waals surface area (Å²) < 4.78 is 5.04. The van der Waals surface area contributed by atoms with Crippen molar-refractivity contribution in [3.63, 3.8) is 0 Å². The molecule has 2 aromatic carbocycles. The van der Waals surface area contributed by atoms with E-state index in [0.29, 0.717) is 16.1 Å². The zero-order chi connectivity index (χ0) is 20.9. The van der Waals surface area contributed by atoms with Crippen LogP contribution in [0.3, 0.4) is 0 Å². The monoisotopic (exact) mass is 419 g/mol. The number of carbonyl (C=O) groups is 2. The summed E-state index contributed by atoms with van der Waals surface area (Å²) in [5.41, 5.74) is 4.32. The number of benzene rings is 2. The molecule has 154 valence electrons. The third-order valence-corrected chi connectivity index (χ3v) is 6.75. The highest BCUT2D eigenvalue weighted by Crippen LogP contribution is 2.37. The number of rotatable bonds is 4. The lowest BCUT2D eigenvalue weighted by Gasteiger charge is -2.11. The molecule has 5 heteroatoms. The summed E-state index contributed by atoms with van der Waals surface area (Å²) in [6.45, 7) is 0. The van der Waals surface area contributed by atoms with Crippen molar-refractivity contribution in [3.05, 3.63) is 76.2 Å². The van der Waals surface area contributed by atoms with Gasteiger partial charge in [0.2, 0.25) is 0 Å². The van der Waals surface area contributed by atoms with Gasteiger partial charge in [0.25, 0.3) is 5.91 Å². The third-order valence-electron chi connectivity index (χ3n) is 5.54. The van der Waals surface area contributed by atoms with Crippen molar-refractivity contribution in [1.82, 2.24) is 0 Å². The fourth-order valence-corrected chi connectivity index (χ4v) is 5.22. The van der Waals surface area contributed by atoms with Crippen LogP contribution in [0.2, 0.25) is 0 Å². The molecule has 0 aliphatic heterocycles. The molecule has 1 aliphatic carbocycles. The fraction of sp³-hybridized carbons (Fsp3) is 0.280. The molecule has 1 N–H and O–H groups in total. The second-order valence-electron chi connectivity index (χ2n) is 7.51. The van der Waals surface area contributed by atoms with Gasteiger partial charge in [-0.05, 0) is 54.5 Å². The molecule has 1 heterocycles. The zero-order valence-electron chi connectivity index (χ0n) is 17.1. The molecule has 0 saturated heterocycles. The summed E-state index contributed by atoms with van der Waals surface area (Å²) in [5, 5.41) is 3.58. The SMILES string of the molecule is COC(=O)c1c(NC(=O)c2ccc(-c3ccccc3)cc2)sc2c1CCCCCC2. The van der Waals surface area contributed by atoms with Crippen molar-refractivity contribution < 1.29 is 14.3 Å². The van der Waals surface area contributed by atoms with Gasteiger partial charge in [0.1, 0.15) is 5.00 Å². The minimum atomic E-state index is -0.372. The minimum Gasteiger partial charge on any atom is -0.465 e. The average molecular weight is 420 g/mol. The Kier molecular flexibility index (Phi) is 6.29. The highest BCUT2D eigenvalue weighted by molar-refractivity contribution is 7.17. The maximum atomic E-state index is 12.9. The Hall–Kier alpha value is -2.92. The first kappa shape index (κ1) is 20.4. The molecule has 1 aliphatic rings. The summed E-state index contributed by atoms with van der Waals surface area (Å²) in [6, 6.07) is 17.6. The topological polar surface area (TPSA) is 55.4 Å². The molecule has 0 spiro atoms. The van der Waals surface area contributed by atoms with E-state index in [-0.39, 0.29) is 11.9 Å². The first-order chi connectivity index (χ1) is 14.7. The van der Waals surface area contributed by atoms with E-state index in [1.165, 1.54) is 36.2 Å². The molecule has 1 amide bonds. The van der Waals surface area contributed by atoms with Gasteiger partial charge in [-0.3, -0.25) is 4.79 Å². The van der Waals surface area contributed by atoms with Crippen LogP contribution in [0.15, 0.2) is 54.6 Å². The maximum Gasteiger partial charge on any atom is 0.341 e. The van der Waals surface area contributed by atoms with E-state index < -0.39 is 0 Å². The molecule has 4 nitrogen and oxygen atoms in total. The van der Waals surface area contributed by atoms with Crippen molar-refractivity contribution in [1.29, 1.82) is 0 Å². The molecule has 0 fully saturated rings. The molecule has 4 rings (SSSR count). The normalized spacial score (nSPS) is 13.6. The number of methoxy groups -OCH3 is 1. The third kappa shape index (κ3) is 4.31. The summed E-state index contributed by atoms with van der Waals surface area (Å²) in [6.07, 6.45) is 6.36. The lowest BCUT2D eigenvalue weighted by atomic mass is 9.96. The molecular weight excluding hydrogens is 394 g/mol. The van der Waals surface area contributed by atoms with Crippen molar-refractivity contribution >= 4 is 28.2 Å². The van der Waals surface area contributed by atoms with Crippen molar-refractivity contribution in [2.24, 2.45) is 0 Å². The van der Waals surface area contributed by atoms with Crippen molar-refractivity contribution in [3.8, 4) is 11.1 Å². The van der Waals surface area contributed by atoms with Gasteiger partial charge in [-0.15, -0.1) is 11.3 Å². The Morgan fingerprint density at radius 1 is 0.867 bits per heavy atom. The standard InChI is InChI=1S/C25H25NO3S/c1-29-25(28)22-20-11-7-2-3-8-12-21(20)30-24(22)26-23(27)19-15-13-18(14-16-19)17-9-5-4-6-10-17/h4-6,9-10,13-16H,2-3,7-8,11-12H2,1H3,(H,26,27). The number of ether oxygens (including phenoxy) is 1. The molecule has 3 aromatic rings. The average Bonchev–Trinajstić information content (AvgIpc) is 3.09. The number of esters is 1. The van der Waals surface area contributed by atoms with E-state index in [1.807, 2.05) is 54.6 Å². The van der Waals surface area contributed by atoms with E-state index in [9.17, 15) is 9.59 Å². The van der Waals surface area contributed by atoms with E-state index in [1.54, 1.807) is 0 Å². The lowest BCUT2D eigenvalue weighted by Crippen LogP contribution is -2.14. The highest BCUT2D eigenvalue weighted by Gasteiger charge is 2.26. The fourth-order valence-electron chi connectivity index (χ4n) is 3.95. The Labute approximate surface area is 180 Å². The number of hydrogen-bond donors (Lipinski definition) is 1. The molecule has 0 saturated carbocycles. The van der Waals surface area contributed by atoms with E-state index in [0.717, 1.165) is 42.4 Å². The zero-order valence-corrected chi connectivity index (χ0v) is 17.9. The second kappa shape index (κ2) is 9.26. The maximum absolute atomic E-state index is 12.9. The lowest BCUT2D eigenvalue weighted by molar-refractivity contribution is 0.0601. The second-order valence-corrected chi connectivity index (χ2v) is 8.62. The number of fused-ring (bicyclic) bond motifs is 1. The minimum absolute atomic E-state index is 0.214. The van der Waals surface area contributed by atoms with Crippen LogP contribution in [0, 0.1) is 0 Å². The van der Waals surface area contributed by atoms with E-state index in [2.05, 4.69) is 5.32 Å². The van der Waals surface area contributed by atoms with Crippen LogP contribution in [-0.4, -0.2) is 19.0 Å². The predicted molar refractivity (Wildman–Crippen MR) is 121 cm³/mol. The number of carbonyl (C=O) groups excluding carboxylic acids is 2. The largest absolute Gasteiger partial charge is 0.465 e. The van der Waals surface area contributed by atoms with Crippen molar-refractivity contribution in [2.75, 3.05) is 12.4 Å². The van der Waals surface area contributed by atoms with Gasteiger partial charge in [0.05, 0.1) is 12.7 Å². The molecule has 0 radical (unpaired) electrons. The van der Waals surface area contributed by atoms with E-state index in [4.69, 9.17) is 4.74 Å². The quantitative estimate of drug-likeness (QED) is 0.519. The molecule has 0 unspecified atom stereocenters. The Balaban J connectivity index is 1.59. The number of thiophene rings is 1. The summed E-state index contributed by atoms with van der Waals surface area (Å²) in [7, 11) is 1.39. The summed E-state index contributed by atoms with van der Waals surface area (Å²) in [5.74, 6) is -0.586. The first-order valence-corrected chi connectivity index (χ1v) is 11.2. The summed E-state index contributed by atoms with van der Waals surface area (Å²) in [4.78, 5) is 26.6. The van der Waals surface area contributed by atoms with Crippen LogP contribution in [-0.2, 0) is 17.6 Å². The van der Waals surface area contributed by atoms with Gasteiger partial charge in [0.15, 0.2) is 0 Å². The highest BCUT2D eigenvalue weighted by atomic mass is 32.1. The Morgan fingerprint density at radius 3 is 2.23 bits per heavy atom. The molecule has 0 bridgehead atoms. The first-order valence-electron chi connectivity index (χ1n) is 10.4. The molecule has 30 heavy (non-hydrogen) atoms. The Morgan fingerprint density at radius 2 is 1.53 bits per heavy atom. The van der Waals surface area contributed by atoms with Crippen molar-refractivity contribution in [2.45, 2.75) is 38.5 Å². The van der Waals surface area contributed by atoms with Crippen LogP contribution < -0.4 is 5.32 Å². The number of nitrogens with one attached hydrogen (secondary N) is 1. The molecule has 0 atom stereocenters. The van der Waals surface area contributed by atoms with Gasteiger partial charge < -0.3 is 10.1 Å². The smallest absolute Gasteiger partial charge is 0.341 e. The van der Waals surface area contributed by atoms with Crippen LogP contribution in [0.1, 0.15) is 56.8 Å². The number of anilines is 1. The van der Waals surface area contributed by atoms with E-state index >= 15 is 0 Å². The van der Waals surface area contributed by atoms with Crippen LogP contribution in [0.25, 0.3) is 11.1 Å². The molecular formula is C25H25NO3S. The number of amides is 1. The molecule has 1 aromatic heterocycles. The number of hydrogen-bond acceptors (Lipinski definition) is 4. The van der Waals surface area contributed by atoms with Gasteiger partial charge in [-0.25, -0.2) is 4.79 Å². The number of aryl methyl sites for hydroxylation is 1. The van der Waals surface area contributed by atoms with Gasteiger partial charge in [-0.1, -0.05) is 55.3 Å². The van der Waals surface area contributed by atoms with Crippen LogP contribution >= 0.6 is 11.3 Å². The van der Waals surface area contributed by atoms with Crippen LogP contribution in [0.4, 0.5) is 5.00 Å². The van der Waals surface area contributed by atoms with Gasteiger partial charge in [-0.2, -0.15) is 0 Å². The van der Waals surface area contributed by atoms with Gasteiger partial charge in [0, 0.05) is 10.4 Å². The Bertz CT molecular complexity index is 1040. The van der Waals surface area contributed by atoms with Crippen LogP contribution in [0.5, 0.6) is 0 Å². The van der Waals surface area contributed by atoms with Gasteiger partial charge >= 0.3 is 5.97 Å². The predicted octanol–water partition coefficient (Wildman–Crippen LogP) is 6.11. The summed E-state index contributed by atoms with van der Waals surface area (Å²) >= 11 is 1.52.